The van der Waals surface area contributed by atoms with E-state index in [2.05, 4.69) is 20.7 Å². The molecule has 94 valence electrons. The number of ether oxygens (including phenoxy) is 1. The minimum absolute atomic E-state index is 0.0650. The average molecular weight is 332 g/mol. The summed E-state index contributed by atoms with van der Waals surface area (Å²) in [5.41, 5.74) is 0.284. The fourth-order valence-corrected chi connectivity index (χ4v) is 1.74. The predicted molar refractivity (Wildman–Crippen MR) is 60.5 cm³/mol. The van der Waals surface area contributed by atoms with Crippen LogP contribution < -0.4 is 4.74 Å². The van der Waals surface area contributed by atoms with Gasteiger partial charge in [0.15, 0.2) is 5.78 Å². The molecule has 0 aliphatic heterocycles. The van der Waals surface area contributed by atoms with Crippen LogP contribution in [-0.4, -0.2) is 18.0 Å². The summed E-state index contributed by atoms with van der Waals surface area (Å²) in [6.45, 7) is 0. The topological polar surface area (TPSA) is 26.3 Å². The lowest BCUT2D eigenvalue weighted by Gasteiger charge is -2.11. The highest BCUT2D eigenvalue weighted by atomic mass is 79.9. The molecule has 0 fully saturated rings. The first-order valence-corrected chi connectivity index (χ1v) is 5.80. The van der Waals surface area contributed by atoms with Crippen LogP contribution in [0.25, 0.3) is 0 Å². The summed E-state index contributed by atoms with van der Waals surface area (Å²) in [6.07, 6.45) is -4.63. The number of carbonyl (C=O) groups is 1. The van der Waals surface area contributed by atoms with Crippen molar-refractivity contribution in [3.05, 3.63) is 28.2 Å². The van der Waals surface area contributed by atoms with Crippen LogP contribution in [0.4, 0.5) is 13.2 Å². The zero-order valence-corrected chi connectivity index (χ0v) is 10.7. The summed E-state index contributed by atoms with van der Waals surface area (Å²) in [4.78, 5) is 11.4. The molecular weight excluding hydrogens is 324 g/mol. The number of rotatable bonds is 4. The fraction of sp³-hybridized carbons (Fsp3) is 0.300. The number of carbonyl (C=O) groups excluding carboxylic acids is 1. The molecule has 0 unspecified atom stereocenters. The third-order valence-electron chi connectivity index (χ3n) is 1.80. The third kappa shape index (κ3) is 4.55. The van der Waals surface area contributed by atoms with E-state index in [1.54, 1.807) is 0 Å². The fourth-order valence-electron chi connectivity index (χ4n) is 1.11. The Hall–Kier alpha value is -0.750. The van der Waals surface area contributed by atoms with E-state index in [0.29, 0.717) is 0 Å². The van der Waals surface area contributed by atoms with E-state index in [9.17, 15) is 18.0 Å². The number of hydrogen-bond donors (Lipinski definition) is 0. The van der Waals surface area contributed by atoms with Crippen molar-refractivity contribution in [1.29, 1.82) is 0 Å². The monoisotopic (exact) mass is 330 g/mol. The van der Waals surface area contributed by atoms with Gasteiger partial charge in [0.2, 0.25) is 0 Å². The van der Waals surface area contributed by atoms with E-state index in [0.717, 1.165) is 6.07 Å². The van der Waals surface area contributed by atoms with Crippen molar-refractivity contribution in [2.24, 2.45) is 0 Å². The molecule has 0 saturated carbocycles. The second kappa shape index (κ2) is 5.73. The molecule has 1 aromatic rings. The third-order valence-corrected chi connectivity index (χ3v) is 2.61. The summed E-state index contributed by atoms with van der Waals surface area (Å²) in [5, 5.41) is 0. The normalized spacial score (nSPS) is 11.4. The minimum atomic E-state index is -4.76. The lowest BCUT2D eigenvalue weighted by atomic mass is 10.1. The van der Waals surface area contributed by atoms with Gasteiger partial charge in [-0.3, -0.25) is 4.79 Å². The molecule has 7 heteroatoms. The van der Waals surface area contributed by atoms with Crippen molar-refractivity contribution in [2.75, 3.05) is 5.88 Å². The molecule has 0 aromatic heterocycles. The van der Waals surface area contributed by atoms with Crippen LogP contribution >= 0.6 is 27.5 Å². The molecule has 0 amide bonds. The smallest absolute Gasteiger partial charge is 0.405 e. The maximum atomic E-state index is 12.0. The van der Waals surface area contributed by atoms with E-state index in [1.807, 2.05) is 0 Å². The molecule has 2 nitrogen and oxygen atoms in total. The minimum Gasteiger partial charge on any atom is -0.405 e. The Morgan fingerprint density at radius 1 is 1.41 bits per heavy atom. The van der Waals surface area contributed by atoms with Gasteiger partial charge in [-0.25, -0.2) is 0 Å². The van der Waals surface area contributed by atoms with Gasteiger partial charge in [0, 0.05) is 17.9 Å². The van der Waals surface area contributed by atoms with Gasteiger partial charge in [-0.15, -0.1) is 24.8 Å². The Morgan fingerprint density at radius 3 is 2.53 bits per heavy atom. The Bertz CT molecular complexity index is 421. The number of Topliss-reactive ketones (excluding diaryl/α,β-unsaturated/α-hetero) is 1. The highest BCUT2D eigenvalue weighted by molar-refractivity contribution is 9.10. The molecule has 17 heavy (non-hydrogen) atoms. The molecule has 0 radical (unpaired) electrons. The first-order chi connectivity index (χ1) is 7.83. The van der Waals surface area contributed by atoms with Crippen molar-refractivity contribution in [2.45, 2.75) is 12.8 Å². The van der Waals surface area contributed by atoms with Crippen LogP contribution in [0.1, 0.15) is 16.8 Å². The summed E-state index contributed by atoms with van der Waals surface area (Å²) in [6, 6.07) is 3.62. The van der Waals surface area contributed by atoms with Crippen molar-refractivity contribution in [3.63, 3.8) is 0 Å². The first kappa shape index (κ1) is 14.3. The second-order valence-corrected chi connectivity index (χ2v) is 4.29. The van der Waals surface area contributed by atoms with E-state index in [-0.39, 0.29) is 33.9 Å². The maximum Gasteiger partial charge on any atom is 0.573 e. The molecule has 0 bridgehead atoms. The molecule has 0 heterocycles. The van der Waals surface area contributed by atoms with E-state index < -0.39 is 6.36 Å². The van der Waals surface area contributed by atoms with Crippen molar-refractivity contribution in [1.82, 2.24) is 0 Å². The van der Waals surface area contributed by atoms with Gasteiger partial charge < -0.3 is 4.74 Å². The van der Waals surface area contributed by atoms with Gasteiger partial charge in [-0.2, -0.15) is 0 Å². The van der Waals surface area contributed by atoms with Crippen molar-refractivity contribution in [3.8, 4) is 5.75 Å². The number of hydrogen-bond acceptors (Lipinski definition) is 2. The quantitative estimate of drug-likeness (QED) is 0.612. The summed E-state index contributed by atoms with van der Waals surface area (Å²) in [7, 11) is 0. The molecular formula is C10H7BrClF3O2. The Morgan fingerprint density at radius 2 is 2.06 bits per heavy atom. The average Bonchev–Trinajstić information content (AvgIpc) is 2.19. The zero-order valence-electron chi connectivity index (χ0n) is 8.35. The molecule has 0 spiro atoms. The van der Waals surface area contributed by atoms with Crippen molar-refractivity contribution >= 4 is 33.3 Å². The van der Waals surface area contributed by atoms with Gasteiger partial charge in [-0.05, 0) is 34.1 Å². The molecule has 0 N–H and O–H groups in total. The number of halogens is 5. The lowest BCUT2D eigenvalue weighted by Crippen LogP contribution is -2.17. The van der Waals surface area contributed by atoms with Gasteiger partial charge in [0.1, 0.15) is 5.75 Å². The largest absolute Gasteiger partial charge is 0.573 e. The second-order valence-electron chi connectivity index (χ2n) is 3.06. The van der Waals surface area contributed by atoms with Crippen LogP contribution in [0.3, 0.4) is 0 Å². The van der Waals surface area contributed by atoms with Gasteiger partial charge in [-0.1, -0.05) is 0 Å². The summed E-state index contributed by atoms with van der Waals surface area (Å²) >= 11 is 8.31. The zero-order chi connectivity index (χ0) is 13.1. The maximum absolute atomic E-state index is 12.0. The molecule has 0 aliphatic rings. The van der Waals surface area contributed by atoms with Crippen LogP contribution in [0.15, 0.2) is 22.7 Å². The van der Waals surface area contributed by atoms with Gasteiger partial charge in [0.05, 0.1) is 4.47 Å². The highest BCUT2D eigenvalue weighted by Gasteiger charge is 2.32. The summed E-state index contributed by atoms with van der Waals surface area (Å²) in [5.74, 6) is -0.462. The number of alkyl halides is 4. The molecule has 0 atom stereocenters. The Balaban J connectivity index is 2.90. The Labute approximate surface area is 109 Å². The SMILES string of the molecule is O=C(CCCl)c1ccc(OC(F)(F)F)c(Br)c1. The predicted octanol–water partition coefficient (Wildman–Crippen LogP) is 4.16. The standard InChI is InChI=1S/C10H7BrClF3O2/c11-7-5-6(8(16)3-4-12)1-2-9(7)17-10(13,14)15/h1-2,5H,3-4H2. The van der Waals surface area contributed by atoms with E-state index in [1.165, 1.54) is 12.1 Å². The van der Waals surface area contributed by atoms with Crippen LogP contribution in [0, 0.1) is 0 Å². The molecule has 0 aliphatic carbocycles. The first-order valence-electron chi connectivity index (χ1n) is 4.48. The number of ketones is 1. The lowest BCUT2D eigenvalue weighted by molar-refractivity contribution is -0.274. The van der Waals surface area contributed by atoms with Crippen LogP contribution in [-0.2, 0) is 0 Å². The van der Waals surface area contributed by atoms with E-state index in [4.69, 9.17) is 11.6 Å². The van der Waals surface area contributed by atoms with Crippen molar-refractivity contribution < 1.29 is 22.7 Å². The van der Waals surface area contributed by atoms with E-state index >= 15 is 0 Å². The summed E-state index contributed by atoms with van der Waals surface area (Å²) < 4.78 is 39.7. The van der Waals surface area contributed by atoms with Crippen LogP contribution in [0.5, 0.6) is 5.75 Å². The molecule has 1 rings (SSSR count). The molecule has 0 saturated heterocycles. The van der Waals surface area contributed by atoms with Gasteiger partial charge >= 0.3 is 6.36 Å². The highest BCUT2D eigenvalue weighted by Crippen LogP contribution is 2.31. The van der Waals surface area contributed by atoms with Gasteiger partial charge in [0.25, 0.3) is 0 Å². The Kier molecular flexibility index (Phi) is 4.82. The molecule has 1 aromatic carbocycles. The van der Waals surface area contributed by atoms with Crippen LogP contribution in [0.2, 0.25) is 0 Å². The number of benzene rings is 1.